The van der Waals surface area contributed by atoms with Crippen LogP contribution in [0.15, 0.2) is 78.9 Å². The molecule has 7 heteroatoms. The van der Waals surface area contributed by atoms with Crippen LogP contribution < -0.4 is 15.0 Å². The summed E-state index contributed by atoms with van der Waals surface area (Å²) >= 11 is 0. The topological polar surface area (TPSA) is 68.7 Å². The Balaban J connectivity index is 1.63. The van der Waals surface area contributed by atoms with Gasteiger partial charge in [0.25, 0.3) is 0 Å². The highest BCUT2D eigenvalue weighted by Gasteiger charge is 2.18. The van der Waals surface area contributed by atoms with Gasteiger partial charge in [-0.1, -0.05) is 42.5 Å². The minimum atomic E-state index is -0.179. The van der Waals surface area contributed by atoms with Crippen molar-refractivity contribution >= 4 is 28.4 Å². The van der Waals surface area contributed by atoms with Gasteiger partial charge in [-0.25, -0.2) is 4.98 Å². The van der Waals surface area contributed by atoms with E-state index in [4.69, 9.17) is 24.2 Å². The van der Waals surface area contributed by atoms with E-state index < -0.39 is 0 Å². The first kappa shape index (κ1) is 26.4. The molecule has 0 aliphatic rings. The third-order valence-electron chi connectivity index (χ3n) is 6.01. The lowest BCUT2D eigenvalue weighted by molar-refractivity contribution is -0.139. The summed E-state index contributed by atoms with van der Waals surface area (Å²) in [7, 11) is 1.68. The average molecular weight is 501 g/mol. The summed E-state index contributed by atoms with van der Waals surface area (Å²) in [5.74, 6) is 2.27. The van der Waals surface area contributed by atoms with Gasteiger partial charge in [0.15, 0.2) is 6.29 Å². The van der Waals surface area contributed by atoms with Crippen LogP contribution in [0.4, 0.5) is 17.5 Å². The molecule has 37 heavy (non-hydrogen) atoms. The highest BCUT2D eigenvalue weighted by atomic mass is 16.7. The van der Waals surface area contributed by atoms with E-state index in [0.29, 0.717) is 25.7 Å². The van der Waals surface area contributed by atoms with Gasteiger partial charge in [0.1, 0.15) is 11.6 Å². The van der Waals surface area contributed by atoms with Crippen molar-refractivity contribution in [2.45, 2.75) is 39.5 Å². The van der Waals surface area contributed by atoms with Crippen molar-refractivity contribution in [2.24, 2.45) is 0 Å². The number of ether oxygens (including phenoxy) is 3. The molecule has 0 saturated heterocycles. The van der Waals surface area contributed by atoms with Gasteiger partial charge in [0.05, 0.1) is 12.6 Å². The predicted octanol–water partition coefficient (Wildman–Crippen LogP) is 6.57. The third kappa shape index (κ3) is 7.18. The van der Waals surface area contributed by atoms with Crippen molar-refractivity contribution in [1.82, 2.24) is 9.97 Å². The summed E-state index contributed by atoms with van der Waals surface area (Å²) in [6, 6.07) is 26.6. The molecule has 0 unspecified atom stereocenters. The largest absolute Gasteiger partial charge is 0.497 e. The maximum Gasteiger partial charge on any atom is 0.225 e. The number of benzene rings is 3. The summed E-state index contributed by atoms with van der Waals surface area (Å²) in [4.78, 5) is 12.0. The fourth-order valence-corrected chi connectivity index (χ4v) is 4.22. The molecule has 0 fully saturated rings. The normalized spacial score (nSPS) is 11.1. The van der Waals surface area contributed by atoms with E-state index in [0.717, 1.165) is 47.5 Å². The first-order valence-electron chi connectivity index (χ1n) is 12.9. The van der Waals surface area contributed by atoms with Gasteiger partial charge in [0.2, 0.25) is 5.95 Å². The smallest absolute Gasteiger partial charge is 0.225 e. The van der Waals surface area contributed by atoms with Gasteiger partial charge in [0, 0.05) is 43.8 Å². The highest BCUT2D eigenvalue weighted by molar-refractivity contribution is 5.92. The number of nitrogens with zero attached hydrogens (tertiary/aromatic N) is 3. The molecular weight excluding hydrogens is 464 g/mol. The molecule has 0 spiro atoms. The van der Waals surface area contributed by atoms with Crippen molar-refractivity contribution < 1.29 is 14.2 Å². The number of aromatic nitrogens is 2. The lowest BCUT2D eigenvalue weighted by Gasteiger charge is -2.26. The van der Waals surface area contributed by atoms with Crippen LogP contribution in [0.1, 0.15) is 32.3 Å². The van der Waals surface area contributed by atoms with Crippen LogP contribution in [0.5, 0.6) is 5.75 Å². The molecular formula is C30H36N4O3. The fraction of sp³-hybridized carbons (Fsp3) is 0.333. The molecule has 0 saturated carbocycles. The number of methoxy groups -OCH3 is 1. The first-order chi connectivity index (χ1) is 18.2. The Labute approximate surface area is 219 Å². The predicted molar refractivity (Wildman–Crippen MR) is 150 cm³/mol. The summed E-state index contributed by atoms with van der Waals surface area (Å²) < 4.78 is 16.7. The Morgan fingerprint density at radius 1 is 0.838 bits per heavy atom. The highest BCUT2D eigenvalue weighted by Crippen LogP contribution is 2.33. The van der Waals surface area contributed by atoms with Crippen LogP contribution in [0.3, 0.4) is 0 Å². The second-order valence-corrected chi connectivity index (χ2v) is 8.57. The molecule has 0 aliphatic carbocycles. The molecule has 0 bridgehead atoms. The summed E-state index contributed by atoms with van der Waals surface area (Å²) in [5.41, 5.74) is 3.10. The molecule has 4 rings (SSSR count). The molecule has 194 valence electrons. The summed E-state index contributed by atoms with van der Waals surface area (Å²) in [6.45, 7) is 6.63. The van der Waals surface area contributed by atoms with Gasteiger partial charge >= 0.3 is 0 Å². The average Bonchev–Trinajstić information content (AvgIpc) is 2.94. The molecule has 3 aromatic carbocycles. The number of nitrogens with one attached hydrogen (secondary N) is 1. The van der Waals surface area contributed by atoms with Crippen molar-refractivity contribution in [3.05, 3.63) is 84.4 Å². The van der Waals surface area contributed by atoms with E-state index in [1.165, 1.54) is 5.56 Å². The van der Waals surface area contributed by atoms with E-state index in [-0.39, 0.29) is 6.29 Å². The monoisotopic (exact) mass is 500 g/mol. The minimum absolute atomic E-state index is 0.179. The van der Waals surface area contributed by atoms with Crippen molar-refractivity contribution in [1.29, 1.82) is 0 Å². The molecule has 7 nitrogen and oxygen atoms in total. The Morgan fingerprint density at radius 2 is 1.54 bits per heavy atom. The van der Waals surface area contributed by atoms with E-state index >= 15 is 0 Å². The lowest BCUT2D eigenvalue weighted by atomic mass is 10.1. The van der Waals surface area contributed by atoms with Crippen LogP contribution in [0.2, 0.25) is 0 Å². The fourth-order valence-electron chi connectivity index (χ4n) is 4.22. The zero-order valence-corrected chi connectivity index (χ0v) is 21.9. The molecule has 0 radical (unpaired) electrons. The number of fused-ring (bicyclic) bond motifs is 1. The molecule has 4 aromatic rings. The zero-order chi connectivity index (χ0) is 25.9. The SMILES string of the molecule is CCOC(CCCNc1nc(N(Cc2ccccc2)c2ccc(OC)cc2)c2ccccc2n1)OCC. The molecule has 1 N–H and O–H groups in total. The van der Waals surface area contributed by atoms with Crippen molar-refractivity contribution in [2.75, 3.05) is 37.1 Å². The maximum absolute atomic E-state index is 5.67. The molecule has 0 aliphatic heterocycles. The van der Waals surface area contributed by atoms with Gasteiger partial charge in [-0.05, 0) is 62.2 Å². The van der Waals surface area contributed by atoms with Crippen LogP contribution in [-0.4, -0.2) is 43.1 Å². The number of anilines is 3. The molecule has 0 amide bonds. The standard InChI is InChI=1S/C30H36N4O3/c1-4-36-28(37-5-2)16-11-21-31-30-32-27-15-10-9-14-26(27)29(33-30)34(22-23-12-7-6-8-13-23)24-17-19-25(35-3)20-18-24/h6-10,12-15,17-20,28H,4-5,11,16,21-22H2,1-3H3,(H,31,32,33). The third-order valence-corrected chi connectivity index (χ3v) is 6.01. The summed E-state index contributed by atoms with van der Waals surface area (Å²) in [6.07, 6.45) is 1.50. The van der Waals surface area contributed by atoms with Crippen LogP contribution >= 0.6 is 0 Å². The second-order valence-electron chi connectivity index (χ2n) is 8.57. The Hall–Kier alpha value is -3.68. The number of hydrogen-bond acceptors (Lipinski definition) is 7. The number of para-hydroxylation sites is 1. The second kappa shape index (κ2) is 13.6. The number of rotatable bonds is 14. The Bertz CT molecular complexity index is 1230. The Morgan fingerprint density at radius 3 is 2.24 bits per heavy atom. The van der Waals surface area contributed by atoms with E-state index in [1.54, 1.807) is 7.11 Å². The van der Waals surface area contributed by atoms with E-state index in [9.17, 15) is 0 Å². The van der Waals surface area contributed by atoms with Gasteiger partial charge in [-0.2, -0.15) is 4.98 Å². The van der Waals surface area contributed by atoms with Crippen molar-refractivity contribution in [3.63, 3.8) is 0 Å². The van der Waals surface area contributed by atoms with Gasteiger partial charge in [-0.15, -0.1) is 0 Å². The van der Waals surface area contributed by atoms with E-state index in [2.05, 4.69) is 52.7 Å². The lowest BCUT2D eigenvalue weighted by Crippen LogP contribution is -2.20. The first-order valence-corrected chi connectivity index (χ1v) is 12.9. The maximum atomic E-state index is 5.67. The summed E-state index contributed by atoms with van der Waals surface area (Å²) in [5, 5.41) is 4.42. The molecule has 1 heterocycles. The Kier molecular flexibility index (Phi) is 9.68. The van der Waals surface area contributed by atoms with E-state index in [1.807, 2.05) is 50.2 Å². The number of hydrogen-bond donors (Lipinski definition) is 1. The zero-order valence-electron chi connectivity index (χ0n) is 21.9. The quantitative estimate of drug-likeness (QED) is 0.155. The molecule has 0 atom stereocenters. The molecule has 1 aromatic heterocycles. The van der Waals surface area contributed by atoms with Gasteiger partial charge < -0.3 is 24.4 Å². The van der Waals surface area contributed by atoms with Crippen LogP contribution in [-0.2, 0) is 16.0 Å². The van der Waals surface area contributed by atoms with Crippen LogP contribution in [0, 0.1) is 0 Å². The van der Waals surface area contributed by atoms with Gasteiger partial charge in [-0.3, -0.25) is 0 Å². The minimum Gasteiger partial charge on any atom is -0.497 e. The van der Waals surface area contributed by atoms with Crippen molar-refractivity contribution in [3.8, 4) is 5.75 Å². The van der Waals surface area contributed by atoms with Crippen LogP contribution in [0.25, 0.3) is 10.9 Å².